The lowest BCUT2D eigenvalue weighted by Gasteiger charge is -2.07. The van der Waals surface area contributed by atoms with Gasteiger partial charge in [-0.2, -0.15) is 5.10 Å². The van der Waals surface area contributed by atoms with Gasteiger partial charge in [-0.05, 0) is 42.3 Å². The zero-order chi connectivity index (χ0) is 20.1. The van der Waals surface area contributed by atoms with Crippen LogP contribution in [0.4, 0.5) is 0 Å². The van der Waals surface area contributed by atoms with E-state index in [0.717, 1.165) is 11.3 Å². The van der Waals surface area contributed by atoms with E-state index in [1.165, 1.54) is 0 Å². The second-order valence-corrected chi connectivity index (χ2v) is 6.66. The first-order chi connectivity index (χ1) is 14.2. The van der Waals surface area contributed by atoms with Gasteiger partial charge in [0.1, 0.15) is 12.4 Å². The van der Waals surface area contributed by atoms with Gasteiger partial charge in [0.15, 0.2) is 0 Å². The van der Waals surface area contributed by atoms with E-state index in [1.807, 2.05) is 42.6 Å². The Hall–Kier alpha value is -3.74. The van der Waals surface area contributed by atoms with Gasteiger partial charge in [-0.1, -0.05) is 24.3 Å². The minimum atomic E-state index is -0.274. The van der Waals surface area contributed by atoms with Crippen LogP contribution in [0.15, 0.2) is 71.8 Å². The van der Waals surface area contributed by atoms with Crippen LogP contribution in [-0.4, -0.2) is 25.7 Å². The van der Waals surface area contributed by atoms with E-state index in [9.17, 15) is 9.59 Å². The SMILES string of the molecule is O=C(CCCc1nc2ccccc2c(=O)[nH]1)OCc1ccc(-n2cccn2)cc1. The molecule has 2 heterocycles. The molecule has 4 rings (SSSR count). The van der Waals surface area contributed by atoms with Crippen LogP contribution in [0.3, 0.4) is 0 Å². The maximum Gasteiger partial charge on any atom is 0.306 e. The van der Waals surface area contributed by atoms with Crippen LogP contribution in [0.1, 0.15) is 24.2 Å². The predicted molar refractivity (Wildman–Crippen MR) is 109 cm³/mol. The lowest BCUT2D eigenvalue weighted by molar-refractivity contribution is -0.145. The number of H-pyrrole nitrogens is 1. The van der Waals surface area contributed by atoms with Crippen molar-refractivity contribution < 1.29 is 9.53 Å². The fourth-order valence-corrected chi connectivity index (χ4v) is 3.06. The number of aryl methyl sites for hydroxylation is 1. The number of rotatable bonds is 7. The number of ether oxygens (including phenoxy) is 1. The summed E-state index contributed by atoms with van der Waals surface area (Å²) in [6, 6.07) is 16.7. The van der Waals surface area contributed by atoms with Crippen molar-refractivity contribution in [3.8, 4) is 5.69 Å². The largest absolute Gasteiger partial charge is 0.461 e. The number of aromatic amines is 1. The molecule has 0 atom stereocenters. The maximum atomic E-state index is 12.1. The quantitative estimate of drug-likeness (QED) is 0.491. The van der Waals surface area contributed by atoms with Crippen molar-refractivity contribution in [3.63, 3.8) is 0 Å². The zero-order valence-electron chi connectivity index (χ0n) is 15.7. The number of carbonyl (C=O) groups excluding carboxylic acids is 1. The second kappa shape index (κ2) is 8.52. The van der Waals surface area contributed by atoms with Gasteiger partial charge in [-0.3, -0.25) is 9.59 Å². The van der Waals surface area contributed by atoms with Crippen molar-refractivity contribution in [2.24, 2.45) is 0 Å². The molecule has 7 nitrogen and oxygen atoms in total. The third-order valence-electron chi connectivity index (χ3n) is 4.56. The van der Waals surface area contributed by atoms with E-state index in [0.29, 0.717) is 29.6 Å². The van der Waals surface area contributed by atoms with Crippen molar-refractivity contribution in [2.45, 2.75) is 25.9 Å². The molecule has 2 aromatic heterocycles. The Morgan fingerprint density at radius 3 is 2.69 bits per heavy atom. The molecule has 0 aliphatic carbocycles. The predicted octanol–water partition coefficient (Wildman–Crippen LogP) is 3.17. The summed E-state index contributed by atoms with van der Waals surface area (Å²) >= 11 is 0. The molecule has 1 N–H and O–H groups in total. The average Bonchev–Trinajstić information content (AvgIpc) is 3.28. The first-order valence-electron chi connectivity index (χ1n) is 9.41. The molecule has 2 aromatic carbocycles. The molecule has 0 aliphatic rings. The summed E-state index contributed by atoms with van der Waals surface area (Å²) in [7, 11) is 0. The number of esters is 1. The monoisotopic (exact) mass is 388 g/mol. The van der Waals surface area contributed by atoms with E-state index in [-0.39, 0.29) is 24.6 Å². The molecule has 0 radical (unpaired) electrons. The van der Waals surface area contributed by atoms with Crippen LogP contribution >= 0.6 is 0 Å². The summed E-state index contributed by atoms with van der Waals surface area (Å²) < 4.78 is 7.10. The minimum Gasteiger partial charge on any atom is -0.461 e. The number of aromatic nitrogens is 4. The van der Waals surface area contributed by atoms with Crippen LogP contribution in [0.2, 0.25) is 0 Å². The van der Waals surface area contributed by atoms with Gasteiger partial charge in [-0.15, -0.1) is 0 Å². The summed E-state index contributed by atoms with van der Waals surface area (Å²) in [4.78, 5) is 31.3. The molecule has 0 bridgehead atoms. The maximum absolute atomic E-state index is 12.1. The summed E-state index contributed by atoms with van der Waals surface area (Å²) in [5.41, 5.74) is 2.36. The van der Waals surface area contributed by atoms with E-state index in [1.54, 1.807) is 29.1 Å². The molecule has 0 saturated carbocycles. The molecule has 29 heavy (non-hydrogen) atoms. The number of nitrogens with one attached hydrogen (secondary N) is 1. The van der Waals surface area contributed by atoms with Crippen LogP contribution in [0.25, 0.3) is 16.6 Å². The highest BCUT2D eigenvalue weighted by molar-refractivity contribution is 5.77. The third-order valence-corrected chi connectivity index (χ3v) is 4.56. The Morgan fingerprint density at radius 2 is 1.90 bits per heavy atom. The Morgan fingerprint density at radius 1 is 1.07 bits per heavy atom. The van der Waals surface area contributed by atoms with Crippen molar-refractivity contribution in [2.75, 3.05) is 0 Å². The number of hydrogen-bond acceptors (Lipinski definition) is 5. The molecule has 0 fully saturated rings. The topological polar surface area (TPSA) is 89.9 Å². The highest BCUT2D eigenvalue weighted by Crippen LogP contribution is 2.11. The zero-order valence-corrected chi connectivity index (χ0v) is 15.7. The van der Waals surface area contributed by atoms with Crippen LogP contribution in [0, 0.1) is 0 Å². The minimum absolute atomic E-state index is 0.160. The molecular formula is C22H20N4O3. The van der Waals surface area contributed by atoms with Crippen LogP contribution < -0.4 is 5.56 Å². The standard InChI is InChI=1S/C22H20N4O3/c27-21(29-15-16-9-11-17(12-10-16)26-14-4-13-23-26)8-3-7-20-24-19-6-2-1-5-18(19)22(28)25-20/h1-2,4-6,9-14H,3,7-8,15H2,(H,24,25,28). The molecular weight excluding hydrogens is 368 g/mol. The normalized spacial score (nSPS) is 10.9. The second-order valence-electron chi connectivity index (χ2n) is 6.66. The van der Waals surface area contributed by atoms with E-state index < -0.39 is 0 Å². The molecule has 0 unspecified atom stereocenters. The lowest BCUT2D eigenvalue weighted by Crippen LogP contribution is -2.12. The van der Waals surface area contributed by atoms with E-state index in [4.69, 9.17) is 4.74 Å². The number of nitrogens with zero attached hydrogens (tertiary/aromatic N) is 3. The first-order valence-corrected chi connectivity index (χ1v) is 9.41. The Labute approximate surface area is 167 Å². The van der Waals surface area contributed by atoms with E-state index >= 15 is 0 Å². The molecule has 4 aromatic rings. The summed E-state index contributed by atoms with van der Waals surface area (Å²) in [5.74, 6) is 0.306. The Kier molecular flexibility index (Phi) is 5.47. The Bertz CT molecular complexity index is 1160. The van der Waals surface area contributed by atoms with Gasteiger partial charge in [0.05, 0.1) is 16.6 Å². The number of benzene rings is 2. The van der Waals surface area contributed by atoms with Gasteiger partial charge < -0.3 is 9.72 Å². The fraction of sp³-hybridized carbons (Fsp3) is 0.182. The molecule has 0 amide bonds. The summed E-state index contributed by atoms with van der Waals surface area (Å²) in [6.07, 6.45) is 4.92. The van der Waals surface area contributed by atoms with Gasteiger partial charge in [0.2, 0.25) is 0 Å². The van der Waals surface area contributed by atoms with Crippen molar-refractivity contribution >= 4 is 16.9 Å². The number of carbonyl (C=O) groups is 1. The summed E-state index contributed by atoms with van der Waals surface area (Å²) in [5, 5.41) is 4.74. The third kappa shape index (κ3) is 4.57. The van der Waals surface area contributed by atoms with Gasteiger partial charge in [-0.25, -0.2) is 9.67 Å². The first kappa shape index (κ1) is 18.6. The fourth-order valence-electron chi connectivity index (χ4n) is 3.06. The van der Waals surface area contributed by atoms with Crippen molar-refractivity contribution in [1.82, 2.24) is 19.7 Å². The average molecular weight is 388 g/mol. The molecule has 146 valence electrons. The highest BCUT2D eigenvalue weighted by Gasteiger charge is 2.07. The molecule has 0 aliphatic heterocycles. The highest BCUT2D eigenvalue weighted by atomic mass is 16.5. The van der Waals surface area contributed by atoms with E-state index in [2.05, 4.69) is 15.1 Å². The lowest BCUT2D eigenvalue weighted by atomic mass is 10.2. The van der Waals surface area contributed by atoms with Crippen molar-refractivity contribution in [1.29, 1.82) is 0 Å². The van der Waals surface area contributed by atoms with Crippen LogP contribution in [0.5, 0.6) is 0 Å². The van der Waals surface area contributed by atoms with Crippen LogP contribution in [-0.2, 0) is 22.6 Å². The molecule has 0 spiro atoms. The Balaban J connectivity index is 1.26. The van der Waals surface area contributed by atoms with Gasteiger partial charge in [0.25, 0.3) is 5.56 Å². The number of para-hydroxylation sites is 1. The number of fused-ring (bicyclic) bond motifs is 1. The smallest absolute Gasteiger partial charge is 0.306 e. The molecule has 7 heteroatoms. The summed E-state index contributed by atoms with van der Waals surface area (Å²) in [6.45, 7) is 0.225. The van der Waals surface area contributed by atoms with Crippen molar-refractivity contribution in [3.05, 3.63) is 88.7 Å². The number of hydrogen-bond donors (Lipinski definition) is 1. The van der Waals surface area contributed by atoms with Gasteiger partial charge >= 0.3 is 5.97 Å². The molecule has 0 saturated heterocycles. The van der Waals surface area contributed by atoms with Gasteiger partial charge in [0, 0.05) is 25.2 Å².